The van der Waals surface area contributed by atoms with Crippen LogP contribution in [0.1, 0.15) is 25.7 Å². The first-order chi connectivity index (χ1) is 11.2. The number of nitrogens with one attached hydrogen (secondary N) is 1. The van der Waals surface area contributed by atoms with Crippen LogP contribution in [0.4, 0.5) is 5.69 Å². The number of carbonyl (C=O) groups is 1. The lowest BCUT2D eigenvalue weighted by molar-refractivity contribution is -0.120. The van der Waals surface area contributed by atoms with Crippen LogP contribution in [-0.4, -0.2) is 49.4 Å². The van der Waals surface area contributed by atoms with Crippen molar-refractivity contribution in [2.45, 2.75) is 38.0 Å². The van der Waals surface area contributed by atoms with E-state index in [-0.39, 0.29) is 18.2 Å². The summed E-state index contributed by atoms with van der Waals surface area (Å²) in [6, 6.07) is 7.55. The van der Waals surface area contributed by atoms with E-state index in [1.54, 1.807) is 6.07 Å². The van der Waals surface area contributed by atoms with Crippen LogP contribution in [0.3, 0.4) is 0 Å². The first-order valence-electron chi connectivity index (χ1n) is 8.26. The molecule has 1 aromatic carbocycles. The number of carbonyl (C=O) groups excluding carboxylic acids is 1. The Kier molecular flexibility index (Phi) is 5.89. The van der Waals surface area contributed by atoms with Crippen molar-refractivity contribution in [2.75, 3.05) is 31.6 Å². The molecular weight excluding hydrogens is 316 g/mol. The predicted octanol–water partition coefficient (Wildman–Crippen LogP) is 2.90. The minimum Gasteiger partial charge on any atom is -0.349 e. The van der Waals surface area contributed by atoms with Gasteiger partial charge in [-0.2, -0.15) is 0 Å². The number of likely N-dealkylation sites (tertiary alicyclic amines) is 1. The van der Waals surface area contributed by atoms with E-state index in [0.717, 1.165) is 19.4 Å². The summed E-state index contributed by atoms with van der Waals surface area (Å²) in [7, 11) is 0. The maximum Gasteiger partial charge on any atom is 0.225 e. The number of benzene rings is 1. The first kappa shape index (κ1) is 16.7. The van der Waals surface area contributed by atoms with Gasteiger partial charge in [0, 0.05) is 13.0 Å². The van der Waals surface area contributed by atoms with E-state index in [4.69, 9.17) is 21.1 Å². The SMILES string of the molecule is O=C(CCN1CCCCC1C1OCCO1)Nc1ccccc1Cl. The largest absolute Gasteiger partial charge is 0.349 e. The van der Waals surface area contributed by atoms with Gasteiger partial charge in [0.15, 0.2) is 6.29 Å². The van der Waals surface area contributed by atoms with Crippen molar-refractivity contribution in [1.82, 2.24) is 4.90 Å². The van der Waals surface area contributed by atoms with Gasteiger partial charge >= 0.3 is 0 Å². The molecule has 126 valence electrons. The molecule has 2 fully saturated rings. The smallest absolute Gasteiger partial charge is 0.225 e. The van der Waals surface area contributed by atoms with Crippen LogP contribution < -0.4 is 5.32 Å². The quantitative estimate of drug-likeness (QED) is 0.897. The van der Waals surface area contributed by atoms with Gasteiger partial charge in [0.05, 0.1) is 30.0 Å². The highest BCUT2D eigenvalue weighted by molar-refractivity contribution is 6.33. The van der Waals surface area contributed by atoms with Gasteiger partial charge in [-0.05, 0) is 31.5 Å². The van der Waals surface area contributed by atoms with Crippen LogP contribution in [0.15, 0.2) is 24.3 Å². The average molecular weight is 339 g/mol. The van der Waals surface area contributed by atoms with Gasteiger partial charge in [-0.1, -0.05) is 30.2 Å². The molecule has 23 heavy (non-hydrogen) atoms. The zero-order valence-electron chi connectivity index (χ0n) is 13.2. The van der Waals surface area contributed by atoms with Crippen molar-refractivity contribution in [3.63, 3.8) is 0 Å². The Hall–Kier alpha value is -1.14. The van der Waals surface area contributed by atoms with Crippen LogP contribution in [0.2, 0.25) is 5.02 Å². The summed E-state index contributed by atoms with van der Waals surface area (Å²) in [6.45, 7) is 3.04. The van der Waals surface area contributed by atoms with Gasteiger partial charge in [-0.3, -0.25) is 9.69 Å². The third-order valence-corrected chi connectivity index (χ3v) is 4.73. The van der Waals surface area contributed by atoms with E-state index in [1.807, 2.05) is 18.2 Å². The Morgan fingerprint density at radius 3 is 2.83 bits per heavy atom. The molecule has 1 aromatic rings. The van der Waals surface area contributed by atoms with E-state index in [9.17, 15) is 4.79 Å². The Bertz CT molecular complexity index is 534. The molecular formula is C17H23ClN2O3. The number of rotatable bonds is 5. The number of piperidine rings is 1. The minimum absolute atomic E-state index is 0.0179. The fourth-order valence-corrected chi connectivity index (χ4v) is 3.40. The zero-order valence-corrected chi connectivity index (χ0v) is 13.9. The molecule has 0 aliphatic carbocycles. The van der Waals surface area contributed by atoms with Crippen LogP contribution in [0.25, 0.3) is 0 Å². The van der Waals surface area contributed by atoms with Gasteiger partial charge in [0.1, 0.15) is 0 Å². The minimum atomic E-state index is -0.137. The predicted molar refractivity (Wildman–Crippen MR) is 89.6 cm³/mol. The number of hydrogen-bond acceptors (Lipinski definition) is 4. The summed E-state index contributed by atoms with van der Waals surface area (Å²) in [4.78, 5) is 14.5. The Morgan fingerprint density at radius 2 is 2.04 bits per heavy atom. The Morgan fingerprint density at radius 1 is 1.26 bits per heavy atom. The van der Waals surface area contributed by atoms with Crippen LogP contribution in [0.5, 0.6) is 0 Å². The number of halogens is 1. The van der Waals surface area contributed by atoms with Crippen molar-refractivity contribution < 1.29 is 14.3 Å². The molecule has 2 aliphatic heterocycles. The molecule has 2 saturated heterocycles. The van der Waals surface area contributed by atoms with E-state index in [2.05, 4.69) is 10.2 Å². The molecule has 0 radical (unpaired) electrons. The second kappa shape index (κ2) is 8.11. The zero-order chi connectivity index (χ0) is 16.1. The van der Waals surface area contributed by atoms with Gasteiger partial charge in [-0.15, -0.1) is 0 Å². The van der Waals surface area contributed by atoms with Crippen LogP contribution in [-0.2, 0) is 14.3 Å². The van der Waals surface area contributed by atoms with Crippen molar-refractivity contribution >= 4 is 23.2 Å². The highest BCUT2D eigenvalue weighted by atomic mass is 35.5. The maximum atomic E-state index is 12.2. The molecule has 5 nitrogen and oxygen atoms in total. The molecule has 0 aromatic heterocycles. The fourth-order valence-electron chi connectivity index (χ4n) is 3.22. The highest BCUT2D eigenvalue weighted by Gasteiger charge is 2.33. The lowest BCUT2D eigenvalue weighted by atomic mass is 10.0. The molecule has 0 bridgehead atoms. The third kappa shape index (κ3) is 4.44. The number of hydrogen-bond donors (Lipinski definition) is 1. The molecule has 1 amide bonds. The maximum absolute atomic E-state index is 12.2. The number of amides is 1. The van der Waals surface area contributed by atoms with E-state index in [0.29, 0.717) is 36.9 Å². The van der Waals surface area contributed by atoms with Gasteiger partial charge in [-0.25, -0.2) is 0 Å². The molecule has 1 atom stereocenters. The van der Waals surface area contributed by atoms with Crippen molar-refractivity contribution in [2.24, 2.45) is 0 Å². The summed E-state index contributed by atoms with van der Waals surface area (Å²) < 4.78 is 11.3. The normalized spacial score (nSPS) is 23.1. The Labute approximate surface area is 141 Å². The standard InChI is InChI=1S/C17H23ClN2O3/c18-13-5-1-2-6-14(13)19-16(21)8-10-20-9-4-3-7-15(20)17-22-11-12-23-17/h1-2,5-6,15,17H,3-4,7-12H2,(H,19,21). The average Bonchev–Trinajstić information content (AvgIpc) is 3.10. The lowest BCUT2D eigenvalue weighted by Crippen LogP contribution is -2.48. The number of para-hydroxylation sites is 1. The fraction of sp³-hybridized carbons (Fsp3) is 0.588. The van der Waals surface area contributed by atoms with Crippen molar-refractivity contribution in [1.29, 1.82) is 0 Å². The molecule has 3 rings (SSSR count). The second-order valence-corrected chi connectivity index (χ2v) is 6.39. The topological polar surface area (TPSA) is 50.8 Å². The summed E-state index contributed by atoms with van der Waals surface area (Å²) in [5.41, 5.74) is 0.664. The third-order valence-electron chi connectivity index (χ3n) is 4.40. The van der Waals surface area contributed by atoms with Crippen LogP contribution >= 0.6 is 11.6 Å². The summed E-state index contributed by atoms with van der Waals surface area (Å²) >= 11 is 6.07. The number of ether oxygens (including phenoxy) is 2. The highest BCUT2D eigenvalue weighted by Crippen LogP contribution is 2.25. The number of nitrogens with zero attached hydrogens (tertiary/aromatic N) is 1. The van der Waals surface area contributed by atoms with Gasteiger partial charge < -0.3 is 14.8 Å². The lowest BCUT2D eigenvalue weighted by Gasteiger charge is -2.37. The summed E-state index contributed by atoms with van der Waals surface area (Å²) in [5.74, 6) is -0.0179. The first-order valence-corrected chi connectivity index (χ1v) is 8.63. The molecule has 6 heteroatoms. The molecule has 2 heterocycles. The second-order valence-electron chi connectivity index (χ2n) is 5.99. The van der Waals surface area contributed by atoms with Gasteiger partial charge in [0.25, 0.3) is 0 Å². The number of anilines is 1. The van der Waals surface area contributed by atoms with E-state index in [1.165, 1.54) is 6.42 Å². The molecule has 0 spiro atoms. The molecule has 1 unspecified atom stereocenters. The van der Waals surface area contributed by atoms with Crippen molar-refractivity contribution in [3.05, 3.63) is 29.3 Å². The van der Waals surface area contributed by atoms with E-state index < -0.39 is 0 Å². The van der Waals surface area contributed by atoms with Crippen molar-refractivity contribution in [3.8, 4) is 0 Å². The molecule has 1 N–H and O–H groups in total. The molecule has 0 saturated carbocycles. The Balaban J connectivity index is 1.51. The monoisotopic (exact) mass is 338 g/mol. The van der Waals surface area contributed by atoms with Crippen LogP contribution in [0, 0.1) is 0 Å². The summed E-state index contributed by atoms with van der Waals surface area (Å²) in [5, 5.41) is 3.43. The van der Waals surface area contributed by atoms with Gasteiger partial charge in [0.2, 0.25) is 5.91 Å². The summed E-state index contributed by atoms with van der Waals surface area (Å²) in [6.07, 6.45) is 3.72. The molecule has 2 aliphatic rings. The van der Waals surface area contributed by atoms with E-state index >= 15 is 0 Å².